The molecular formula is C87H87F3N18O7. The summed E-state index contributed by atoms with van der Waals surface area (Å²) in [4.78, 5) is 106. The monoisotopic (exact) mass is 1550 g/mol. The number of ether oxygens (including phenoxy) is 1. The van der Waals surface area contributed by atoms with E-state index in [1.54, 1.807) is 46.1 Å². The predicted molar refractivity (Wildman–Crippen MR) is 434 cm³/mol. The van der Waals surface area contributed by atoms with E-state index >= 15 is 0 Å². The van der Waals surface area contributed by atoms with Crippen LogP contribution < -0.4 is 21.9 Å². The average molecular weight is 1550 g/mol. The van der Waals surface area contributed by atoms with Gasteiger partial charge >= 0.3 is 6.18 Å². The molecule has 28 heteroatoms. The van der Waals surface area contributed by atoms with Crippen LogP contribution in [0.25, 0.3) is 66.9 Å². The fourth-order valence-corrected chi connectivity index (χ4v) is 15.0. The summed E-state index contributed by atoms with van der Waals surface area (Å²) in [7, 11) is 1.60. The molecule has 3 atom stereocenters. The van der Waals surface area contributed by atoms with E-state index in [1.165, 1.54) is 49.3 Å². The molecule has 3 aliphatic rings. The highest BCUT2D eigenvalue weighted by molar-refractivity contribution is 6.02. The molecule has 15 rings (SSSR count). The van der Waals surface area contributed by atoms with Crippen molar-refractivity contribution in [2.75, 3.05) is 63.6 Å². The van der Waals surface area contributed by atoms with Gasteiger partial charge in [0.15, 0.2) is 34.3 Å². The van der Waals surface area contributed by atoms with E-state index in [2.05, 4.69) is 49.6 Å². The molecule has 6 aromatic heterocycles. The minimum Gasteiger partial charge on any atom is -0.497 e. The van der Waals surface area contributed by atoms with Crippen molar-refractivity contribution in [1.29, 1.82) is 0 Å². The standard InChI is InChI=1S/C29H27F3N6O2.C29H30N6O3.C29H30N6O2/c1-2-24(40)37-14-4-7-22(16-37)38-28-25(27(33)34-17-35-28)26(36-38)19-11-8-18(9-12-19)10-13-23(39)20-5-3-6-21(15-20)29(30,31)32;1-3-25(37)34-16-4-5-22(17-34)35-29-26(28(30)31-18-32-29)27(33-35)21-9-6-19(7-10-21)8-15-24(36)20-11-13-23(38-2)14-12-20;1-3-25(37)34-16-6-8-22(17-34)35-29-26(28(30)31-18-32-29)27(33-35)21-13-10-20(11-14-21)12-15-24(36)23-9-5-4-7-19(23)2/h2-3,5-6,8-9,11-12,15,17,22H,1,4,7,10,13-14,16H2,(H2,33,34,35);3,6-7,9-14,18,22H,1,4-5,8,15-17H2,2H3,(H2,30,31,32);3-5,7,9-11,13-14,18,22H,1,6,8,12,15-17H2,2H3,(H2,30,31,32)/t3*22-/m111/s1. The maximum atomic E-state index is 13.0. The number of carbonyl (C=O) groups excluding carboxylic acids is 6. The number of halogens is 3. The molecule has 25 nitrogen and oxygen atoms in total. The summed E-state index contributed by atoms with van der Waals surface area (Å²) in [5.41, 5.74) is 29.9. The van der Waals surface area contributed by atoms with Crippen LogP contribution in [0.2, 0.25) is 0 Å². The summed E-state index contributed by atoms with van der Waals surface area (Å²) in [6.45, 7) is 16.4. The Morgan fingerprint density at radius 3 is 1.18 bits per heavy atom. The van der Waals surface area contributed by atoms with Gasteiger partial charge in [-0.05, 0) is 142 Å². The molecule has 588 valence electrons. The number of benzene rings is 6. The lowest BCUT2D eigenvalue weighted by atomic mass is 9.98. The SMILES string of the molecule is C=CC(=O)N1CCC[C@@H](n2nc(-c3ccc(CCC(=O)c4ccc(OC)cc4)cc3)c3c(N)ncnc32)C1.C=CC(=O)N1CCC[C@@H](n2nc(-c3ccc(CCC(=O)c4cccc(C(F)(F)F)c4)cc3)c3c(N)ncnc32)C1.C=CC(=O)N1CCC[C@@H](n2nc(-c3ccc(CCC(=O)c4ccccc4C)cc3)c3c(N)ncnc32)C1. The lowest BCUT2D eigenvalue weighted by molar-refractivity contribution is -0.137. The zero-order chi connectivity index (χ0) is 81.0. The third kappa shape index (κ3) is 18.1. The molecule has 0 aliphatic carbocycles. The summed E-state index contributed by atoms with van der Waals surface area (Å²) in [5, 5.41) is 16.7. The Hall–Kier alpha value is -13.4. The third-order valence-electron chi connectivity index (χ3n) is 21.2. The summed E-state index contributed by atoms with van der Waals surface area (Å²) in [6, 6.07) is 42.6. The van der Waals surface area contributed by atoms with E-state index in [0.717, 1.165) is 101 Å². The average Bonchev–Trinajstić information content (AvgIpc) is 1.62. The quantitative estimate of drug-likeness (QED) is 0.0419. The number of nitrogens with two attached hydrogens (primary N) is 3. The van der Waals surface area contributed by atoms with Crippen LogP contribution in [-0.2, 0) is 39.8 Å². The van der Waals surface area contributed by atoms with Gasteiger partial charge in [-0.25, -0.2) is 43.9 Å². The van der Waals surface area contributed by atoms with Crippen LogP contribution >= 0.6 is 0 Å². The number of likely N-dealkylation sites (tertiary alicyclic amines) is 3. The van der Waals surface area contributed by atoms with E-state index < -0.39 is 11.7 Å². The van der Waals surface area contributed by atoms with E-state index in [-0.39, 0.29) is 71.0 Å². The lowest BCUT2D eigenvalue weighted by Gasteiger charge is -2.32. The van der Waals surface area contributed by atoms with Gasteiger partial charge in [-0.1, -0.05) is 129 Å². The molecule has 6 aromatic carbocycles. The molecule has 0 unspecified atom stereocenters. The number of hydrogen-bond donors (Lipinski definition) is 3. The molecule has 9 heterocycles. The van der Waals surface area contributed by atoms with Crippen molar-refractivity contribution in [3.8, 4) is 39.5 Å². The molecule has 6 N–H and O–H groups in total. The highest BCUT2D eigenvalue weighted by atomic mass is 19.4. The van der Waals surface area contributed by atoms with Crippen molar-refractivity contribution in [3.63, 3.8) is 0 Å². The van der Waals surface area contributed by atoms with Crippen molar-refractivity contribution in [2.24, 2.45) is 0 Å². The maximum absolute atomic E-state index is 13.0. The van der Waals surface area contributed by atoms with Crippen molar-refractivity contribution in [1.82, 2.24) is 73.9 Å². The number of piperidine rings is 3. The Morgan fingerprint density at radius 2 is 0.826 bits per heavy atom. The van der Waals surface area contributed by atoms with Crippen LogP contribution in [0.4, 0.5) is 30.6 Å². The number of rotatable bonds is 22. The minimum atomic E-state index is -4.50. The number of ketones is 3. The first kappa shape index (κ1) is 79.7. The van der Waals surface area contributed by atoms with E-state index in [0.29, 0.717) is 139 Å². The number of fused-ring (bicyclic) bond motifs is 3. The Balaban J connectivity index is 0.000000150. The summed E-state index contributed by atoms with van der Waals surface area (Å²) < 4.78 is 49.7. The number of nitrogens with zero attached hydrogens (tertiary/aromatic N) is 15. The number of anilines is 3. The van der Waals surface area contributed by atoms with Crippen molar-refractivity contribution >= 4 is 85.6 Å². The zero-order valence-electron chi connectivity index (χ0n) is 63.8. The van der Waals surface area contributed by atoms with E-state index in [9.17, 15) is 41.9 Å². The molecule has 0 spiro atoms. The Morgan fingerprint density at radius 1 is 0.461 bits per heavy atom. The van der Waals surface area contributed by atoms with Gasteiger partial charge in [0.05, 0.1) is 47.0 Å². The molecule has 0 bridgehead atoms. The summed E-state index contributed by atoms with van der Waals surface area (Å²) in [5.74, 6) is 1.33. The van der Waals surface area contributed by atoms with E-state index in [1.807, 2.05) is 118 Å². The van der Waals surface area contributed by atoms with Gasteiger partial charge < -0.3 is 36.6 Å². The van der Waals surface area contributed by atoms with Gasteiger partial charge in [-0.2, -0.15) is 28.5 Å². The number of aromatic nitrogens is 12. The van der Waals surface area contributed by atoms with Gasteiger partial charge in [-0.3, -0.25) is 28.8 Å². The molecule has 115 heavy (non-hydrogen) atoms. The number of aryl methyl sites for hydroxylation is 4. The molecule has 3 fully saturated rings. The molecule has 0 saturated carbocycles. The number of methoxy groups -OCH3 is 1. The lowest BCUT2D eigenvalue weighted by Crippen LogP contribution is -2.40. The highest BCUT2D eigenvalue weighted by Gasteiger charge is 2.34. The smallest absolute Gasteiger partial charge is 0.416 e. The maximum Gasteiger partial charge on any atom is 0.416 e. The minimum absolute atomic E-state index is 0.0186. The zero-order valence-corrected chi connectivity index (χ0v) is 63.8. The summed E-state index contributed by atoms with van der Waals surface area (Å²) >= 11 is 0. The second kappa shape index (κ2) is 35.5. The van der Waals surface area contributed by atoms with Gasteiger partial charge in [0.2, 0.25) is 17.7 Å². The van der Waals surface area contributed by atoms with Crippen LogP contribution in [0, 0.1) is 6.92 Å². The molecule has 0 radical (unpaired) electrons. The van der Waals surface area contributed by atoms with Crippen molar-refractivity contribution < 1.29 is 46.7 Å². The van der Waals surface area contributed by atoms with E-state index in [4.69, 9.17) is 37.2 Å². The first-order valence-corrected chi connectivity index (χ1v) is 38.0. The van der Waals surface area contributed by atoms with Gasteiger partial charge in [-0.15, -0.1) is 0 Å². The Labute approximate surface area is 661 Å². The first-order chi connectivity index (χ1) is 55.6. The van der Waals surface area contributed by atoms with Crippen LogP contribution in [0.1, 0.15) is 135 Å². The van der Waals surface area contributed by atoms with Crippen LogP contribution in [-0.4, -0.2) is 155 Å². The Kier molecular flexibility index (Phi) is 24.6. The predicted octanol–water partition coefficient (Wildman–Crippen LogP) is 14.1. The molecule has 3 aliphatic heterocycles. The first-order valence-electron chi connectivity index (χ1n) is 38.0. The van der Waals surface area contributed by atoms with Gasteiger partial charge in [0, 0.05) is 91.9 Å². The number of alkyl halides is 3. The molecule has 12 aromatic rings. The number of carbonyl (C=O) groups is 6. The largest absolute Gasteiger partial charge is 0.497 e. The fraction of sp³-hybridized carbons (Fsp3) is 0.276. The van der Waals surface area contributed by atoms with Crippen LogP contribution in [0.15, 0.2) is 203 Å². The summed E-state index contributed by atoms with van der Waals surface area (Å²) in [6.07, 6.45) is 11.5. The van der Waals surface area contributed by atoms with Gasteiger partial charge in [0.25, 0.3) is 0 Å². The number of amides is 3. The van der Waals surface area contributed by atoms with Crippen molar-refractivity contribution in [2.45, 2.75) is 108 Å². The molecule has 3 amide bonds. The Bertz CT molecular complexity index is 5630. The topological polar surface area (TPSA) is 330 Å². The highest BCUT2D eigenvalue weighted by Crippen LogP contribution is 2.39. The third-order valence-corrected chi connectivity index (χ3v) is 21.2. The van der Waals surface area contributed by atoms with Crippen LogP contribution in [0.5, 0.6) is 5.75 Å². The number of hydrogen-bond acceptors (Lipinski definition) is 19. The number of Topliss-reactive ketones (excluding diaryl/α,β-unsaturated/α-hetero) is 3. The van der Waals surface area contributed by atoms with Crippen LogP contribution in [0.3, 0.4) is 0 Å². The van der Waals surface area contributed by atoms with Gasteiger partial charge in [0.1, 0.15) is 59.3 Å². The molecule has 3 saturated heterocycles. The normalized spacial score (nSPS) is 15.6. The van der Waals surface area contributed by atoms with Crippen molar-refractivity contribution in [3.05, 3.63) is 247 Å². The molecular weight excluding hydrogens is 1470 g/mol. The second-order valence-corrected chi connectivity index (χ2v) is 28.6. The fourth-order valence-electron chi connectivity index (χ4n) is 15.0. The second-order valence-electron chi connectivity index (χ2n) is 28.6. The number of nitrogen functional groups attached to an aromatic ring is 3.